The summed E-state index contributed by atoms with van der Waals surface area (Å²) in [5.41, 5.74) is 7.81. The molecule has 0 bridgehead atoms. The van der Waals surface area contributed by atoms with E-state index in [1.54, 1.807) is 0 Å². The number of benzene rings is 1. The third kappa shape index (κ3) is 4.51. The average Bonchev–Trinajstić information content (AvgIpc) is 2.44. The molecular weight excluding hydrogens is 268 g/mol. The molecule has 1 aliphatic carbocycles. The summed E-state index contributed by atoms with van der Waals surface area (Å²) < 4.78 is 5.68. The van der Waals surface area contributed by atoms with Gasteiger partial charge in [0.05, 0.1) is 6.61 Å². The minimum Gasteiger partial charge on any atom is -0.493 e. The van der Waals surface area contributed by atoms with Crippen LogP contribution in [0.25, 0.3) is 0 Å². The number of anilines is 2. The van der Waals surface area contributed by atoms with Crippen molar-refractivity contribution in [1.82, 2.24) is 0 Å². The molecule has 3 nitrogen and oxygen atoms in total. The van der Waals surface area contributed by atoms with Crippen LogP contribution in [0.5, 0.6) is 5.75 Å². The van der Waals surface area contributed by atoms with E-state index in [4.69, 9.17) is 10.5 Å². The highest BCUT2D eigenvalue weighted by Gasteiger charge is 2.21. The van der Waals surface area contributed by atoms with E-state index in [9.17, 15) is 0 Å². The minimum absolute atomic E-state index is 0.557. The quantitative estimate of drug-likeness (QED) is 0.774. The van der Waals surface area contributed by atoms with Crippen LogP contribution in [0.3, 0.4) is 0 Å². The molecule has 112 valence electrons. The molecule has 1 saturated carbocycles. The van der Waals surface area contributed by atoms with Crippen molar-refractivity contribution < 1.29 is 4.74 Å². The summed E-state index contributed by atoms with van der Waals surface area (Å²) in [5.74, 6) is 0.867. The third-order valence-corrected chi connectivity index (χ3v) is 4.83. The fraction of sp³-hybridized carbons (Fsp3) is 0.625. The topological polar surface area (TPSA) is 47.3 Å². The van der Waals surface area contributed by atoms with Gasteiger partial charge < -0.3 is 15.8 Å². The molecule has 0 aliphatic heterocycles. The summed E-state index contributed by atoms with van der Waals surface area (Å²) in [6, 6.07) is 6.52. The lowest BCUT2D eigenvalue weighted by Crippen LogP contribution is -2.28. The van der Waals surface area contributed by atoms with Gasteiger partial charge in [-0.2, -0.15) is 11.8 Å². The number of nitrogens with two attached hydrogens (primary N) is 1. The molecule has 1 fully saturated rings. The van der Waals surface area contributed by atoms with Gasteiger partial charge in [-0.25, -0.2) is 0 Å². The molecule has 4 heteroatoms. The van der Waals surface area contributed by atoms with Crippen LogP contribution < -0.4 is 15.8 Å². The van der Waals surface area contributed by atoms with Crippen molar-refractivity contribution in [3.8, 4) is 5.75 Å². The molecular formula is C16H26N2OS. The fourth-order valence-corrected chi connectivity index (χ4v) is 3.56. The zero-order valence-corrected chi connectivity index (χ0v) is 13.3. The van der Waals surface area contributed by atoms with E-state index in [1.165, 1.54) is 25.7 Å². The average molecular weight is 294 g/mol. The van der Waals surface area contributed by atoms with Crippen LogP contribution in [0.2, 0.25) is 0 Å². The highest BCUT2D eigenvalue weighted by atomic mass is 32.2. The Balaban J connectivity index is 1.99. The van der Waals surface area contributed by atoms with E-state index in [0.717, 1.165) is 35.4 Å². The lowest BCUT2D eigenvalue weighted by Gasteiger charge is -2.29. The normalized spacial score (nSPS) is 22.5. The van der Waals surface area contributed by atoms with Crippen LogP contribution in [0.1, 0.15) is 39.0 Å². The highest BCUT2D eigenvalue weighted by Crippen LogP contribution is 2.30. The molecule has 20 heavy (non-hydrogen) atoms. The van der Waals surface area contributed by atoms with Gasteiger partial charge in [-0.3, -0.25) is 0 Å². The van der Waals surface area contributed by atoms with E-state index in [-0.39, 0.29) is 0 Å². The Morgan fingerprint density at radius 3 is 2.95 bits per heavy atom. The molecule has 2 rings (SSSR count). The molecule has 1 aromatic carbocycles. The van der Waals surface area contributed by atoms with Crippen LogP contribution >= 0.6 is 11.8 Å². The maximum absolute atomic E-state index is 5.97. The van der Waals surface area contributed by atoms with Gasteiger partial charge in [-0.1, -0.05) is 13.3 Å². The second kappa shape index (κ2) is 7.67. The third-order valence-electron chi connectivity index (χ3n) is 3.73. The van der Waals surface area contributed by atoms with Crippen molar-refractivity contribution in [1.29, 1.82) is 0 Å². The number of hydrogen-bond donors (Lipinski definition) is 2. The van der Waals surface area contributed by atoms with Crippen molar-refractivity contribution in [2.24, 2.45) is 0 Å². The zero-order chi connectivity index (χ0) is 14.4. The first-order valence-corrected chi connectivity index (χ1v) is 8.82. The lowest BCUT2D eigenvalue weighted by molar-refractivity contribution is 0.317. The number of nitrogens with one attached hydrogen (secondary N) is 1. The van der Waals surface area contributed by atoms with Gasteiger partial charge in [-0.05, 0) is 38.0 Å². The molecule has 1 aliphatic rings. The summed E-state index contributed by atoms with van der Waals surface area (Å²) in [6.07, 6.45) is 8.36. The van der Waals surface area contributed by atoms with E-state index in [0.29, 0.717) is 6.04 Å². The predicted molar refractivity (Wildman–Crippen MR) is 89.8 cm³/mol. The van der Waals surface area contributed by atoms with E-state index >= 15 is 0 Å². The van der Waals surface area contributed by atoms with Crippen molar-refractivity contribution in [3.63, 3.8) is 0 Å². The maximum Gasteiger partial charge on any atom is 0.123 e. The van der Waals surface area contributed by atoms with Gasteiger partial charge >= 0.3 is 0 Å². The van der Waals surface area contributed by atoms with Gasteiger partial charge in [0.15, 0.2) is 0 Å². The largest absolute Gasteiger partial charge is 0.493 e. The molecule has 1 aromatic rings. The fourth-order valence-electron chi connectivity index (χ4n) is 2.73. The molecule has 2 unspecified atom stereocenters. The first-order valence-electron chi connectivity index (χ1n) is 7.54. The summed E-state index contributed by atoms with van der Waals surface area (Å²) in [7, 11) is 0. The van der Waals surface area contributed by atoms with Crippen molar-refractivity contribution in [2.75, 3.05) is 23.9 Å². The van der Waals surface area contributed by atoms with Gasteiger partial charge in [0.25, 0.3) is 0 Å². The van der Waals surface area contributed by atoms with E-state index in [2.05, 4.69) is 24.6 Å². The molecule has 0 heterocycles. The summed E-state index contributed by atoms with van der Waals surface area (Å²) in [6.45, 7) is 2.84. The Kier molecular flexibility index (Phi) is 5.89. The van der Waals surface area contributed by atoms with Crippen LogP contribution in [-0.2, 0) is 0 Å². The Morgan fingerprint density at radius 1 is 1.35 bits per heavy atom. The van der Waals surface area contributed by atoms with Crippen molar-refractivity contribution in [3.05, 3.63) is 18.2 Å². The Labute approximate surface area is 126 Å². The molecule has 0 radical (unpaired) electrons. The van der Waals surface area contributed by atoms with E-state index in [1.807, 2.05) is 23.9 Å². The Hall–Kier alpha value is -1.03. The number of ether oxygens (including phenoxy) is 1. The number of nitrogen functional groups attached to an aromatic ring is 1. The minimum atomic E-state index is 0.557. The summed E-state index contributed by atoms with van der Waals surface area (Å²) >= 11 is 1.99. The molecule has 3 N–H and O–H groups in total. The number of thioether (sulfide) groups is 1. The lowest BCUT2D eigenvalue weighted by atomic mass is 9.94. The second-order valence-electron chi connectivity index (χ2n) is 5.50. The molecule has 2 atom stereocenters. The van der Waals surface area contributed by atoms with E-state index < -0.39 is 0 Å². The monoisotopic (exact) mass is 294 g/mol. The van der Waals surface area contributed by atoms with Crippen LogP contribution in [-0.4, -0.2) is 24.2 Å². The zero-order valence-electron chi connectivity index (χ0n) is 12.5. The maximum atomic E-state index is 5.97. The molecule has 0 amide bonds. The van der Waals surface area contributed by atoms with Crippen LogP contribution in [0.4, 0.5) is 11.4 Å². The molecule has 0 aromatic heterocycles. The summed E-state index contributed by atoms with van der Waals surface area (Å²) in [5, 5.41) is 4.42. The number of rotatable bonds is 6. The number of hydrogen-bond acceptors (Lipinski definition) is 4. The smallest absolute Gasteiger partial charge is 0.123 e. The SMILES string of the molecule is CCCOc1cc(N)cc(NC2CCCC(SC)C2)c1. The first-order chi connectivity index (χ1) is 9.71. The van der Waals surface area contributed by atoms with Crippen LogP contribution in [0.15, 0.2) is 18.2 Å². The Morgan fingerprint density at radius 2 is 2.20 bits per heavy atom. The van der Waals surface area contributed by atoms with Crippen molar-refractivity contribution >= 4 is 23.1 Å². The Bertz CT molecular complexity index is 425. The standard InChI is InChI=1S/C16H26N2OS/c1-3-7-19-15-9-12(17)8-14(10-15)18-13-5-4-6-16(11-13)20-2/h8-10,13,16,18H,3-7,11,17H2,1-2H3. The summed E-state index contributed by atoms with van der Waals surface area (Å²) in [4.78, 5) is 0. The molecule has 0 saturated heterocycles. The van der Waals surface area contributed by atoms with Gasteiger partial charge in [-0.15, -0.1) is 0 Å². The van der Waals surface area contributed by atoms with Gasteiger partial charge in [0.1, 0.15) is 5.75 Å². The molecule has 0 spiro atoms. The van der Waals surface area contributed by atoms with Gasteiger partial charge in [0, 0.05) is 34.8 Å². The predicted octanol–water partition coefficient (Wildman–Crippen LogP) is 4.14. The second-order valence-corrected chi connectivity index (χ2v) is 6.64. The van der Waals surface area contributed by atoms with Crippen molar-refractivity contribution in [2.45, 2.75) is 50.3 Å². The van der Waals surface area contributed by atoms with Gasteiger partial charge in [0.2, 0.25) is 0 Å². The first kappa shape index (κ1) is 15.4. The highest BCUT2D eigenvalue weighted by molar-refractivity contribution is 7.99. The van der Waals surface area contributed by atoms with Crippen LogP contribution in [0, 0.1) is 0 Å².